The Labute approximate surface area is 166 Å². The molecule has 0 aromatic heterocycles. The first-order chi connectivity index (χ1) is 13.2. The highest BCUT2D eigenvalue weighted by Gasteiger charge is 2.28. The molecule has 7 heteroatoms. The maximum Gasteiger partial charge on any atom is 0.328 e. The molecule has 0 aliphatic rings. The van der Waals surface area contributed by atoms with E-state index in [0.29, 0.717) is 13.0 Å². The first kappa shape index (κ1) is 23.5. The van der Waals surface area contributed by atoms with Crippen LogP contribution in [0.15, 0.2) is 24.3 Å². The Bertz CT molecular complexity index is 643. The molecule has 7 nitrogen and oxygen atoms in total. The minimum Gasteiger partial charge on any atom is -0.508 e. The normalized spacial score (nSPS) is 12.9. The van der Waals surface area contributed by atoms with Crippen LogP contribution in [0.25, 0.3) is 0 Å². The number of aromatic hydroxyl groups is 1. The highest BCUT2D eigenvalue weighted by molar-refractivity contribution is 5.90. The summed E-state index contributed by atoms with van der Waals surface area (Å²) >= 11 is 0. The van der Waals surface area contributed by atoms with Crippen LogP contribution < -0.4 is 10.6 Å². The topological polar surface area (TPSA) is 105 Å². The molecule has 1 aromatic carbocycles. The first-order valence-corrected chi connectivity index (χ1v) is 9.74. The molecule has 2 amide bonds. The molecule has 0 bridgehead atoms. The molecule has 2 atom stereocenters. The van der Waals surface area contributed by atoms with Crippen LogP contribution in [0.4, 0.5) is 0 Å². The van der Waals surface area contributed by atoms with Crippen LogP contribution in [0.1, 0.15) is 52.5 Å². The van der Waals surface area contributed by atoms with Crippen molar-refractivity contribution in [3.63, 3.8) is 0 Å². The minimum atomic E-state index is -0.833. The van der Waals surface area contributed by atoms with Crippen molar-refractivity contribution in [3.05, 3.63) is 29.8 Å². The van der Waals surface area contributed by atoms with Crippen molar-refractivity contribution in [1.82, 2.24) is 10.6 Å². The van der Waals surface area contributed by atoms with Gasteiger partial charge in [0.25, 0.3) is 0 Å². The van der Waals surface area contributed by atoms with E-state index in [1.807, 2.05) is 20.8 Å². The van der Waals surface area contributed by atoms with Gasteiger partial charge in [-0.15, -0.1) is 0 Å². The van der Waals surface area contributed by atoms with Crippen molar-refractivity contribution >= 4 is 17.8 Å². The lowest BCUT2D eigenvalue weighted by atomic mass is 10.0. The third-order valence-corrected chi connectivity index (χ3v) is 4.12. The van der Waals surface area contributed by atoms with Crippen LogP contribution in [-0.4, -0.2) is 41.6 Å². The molecule has 0 unspecified atom stereocenters. The number of esters is 1. The quantitative estimate of drug-likeness (QED) is 0.396. The van der Waals surface area contributed by atoms with E-state index in [4.69, 9.17) is 4.74 Å². The summed E-state index contributed by atoms with van der Waals surface area (Å²) in [5, 5.41) is 14.8. The number of rotatable bonds is 11. The van der Waals surface area contributed by atoms with E-state index in [1.165, 1.54) is 19.1 Å². The number of carbonyl (C=O) groups is 3. The van der Waals surface area contributed by atoms with E-state index in [-0.39, 0.29) is 24.0 Å². The van der Waals surface area contributed by atoms with Gasteiger partial charge in [0.1, 0.15) is 17.8 Å². The maximum atomic E-state index is 12.8. The highest BCUT2D eigenvalue weighted by Crippen LogP contribution is 2.12. The predicted molar refractivity (Wildman–Crippen MR) is 107 cm³/mol. The van der Waals surface area contributed by atoms with Crippen molar-refractivity contribution in [2.24, 2.45) is 5.92 Å². The van der Waals surface area contributed by atoms with Gasteiger partial charge in [0, 0.05) is 13.3 Å². The SMILES string of the molecule is CCCCOC(=O)[C@H](CC(C)C)NC(=O)[C@H](Cc1ccc(O)cc1)NC(C)=O. The summed E-state index contributed by atoms with van der Waals surface area (Å²) in [5.74, 6) is -0.940. The van der Waals surface area contributed by atoms with E-state index in [1.54, 1.807) is 12.1 Å². The zero-order valence-corrected chi connectivity index (χ0v) is 17.2. The number of nitrogens with one attached hydrogen (secondary N) is 2. The fraction of sp³-hybridized carbons (Fsp3) is 0.571. The molecular formula is C21H32N2O5. The fourth-order valence-electron chi connectivity index (χ4n) is 2.70. The number of benzene rings is 1. The molecule has 0 aliphatic carbocycles. The Hall–Kier alpha value is -2.57. The van der Waals surface area contributed by atoms with Crippen molar-refractivity contribution in [2.45, 2.75) is 65.5 Å². The minimum absolute atomic E-state index is 0.121. The van der Waals surface area contributed by atoms with Gasteiger partial charge in [-0.2, -0.15) is 0 Å². The van der Waals surface area contributed by atoms with Crippen LogP contribution in [0.3, 0.4) is 0 Å². The van der Waals surface area contributed by atoms with Gasteiger partial charge in [-0.05, 0) is 36.5 Å². The third-order valence-electron chi connectivity index (χ3n) is 4.12. The second-order valence-corrected chi connectivity index (χ2v) is 7.34. The smallest absolute Gasteiger partial charge is 0.328 e. The number of carbonyl (C=O) groups excluding carboxylic acids is 3. The molecule has 3 N–H and O–H groups in total. The largest absolute Gasteiger partial charge is 0.508 e. The van der Waals surface area contributed by atoms with Crippen molar-refractivity contribution < 1.29 is 24.2 Å². The van der Waals surface area contributed by atoms with Crippen LogP contribution in [0.5, 0.6) is 5.75 Å². The van der Waals surface area contributed by atoms with E-state index >= 15 is 0 Å². The van der Waals surface area contributed by atoms with Gasteiger partial charge in [-0.25, -0.2) is 4.79 Å². The molecule has 28 heavy (non-hydrogen) atoms. The molecule has 0 fully saturated rings. The molecule has 1 aromatic rings. The average Bonchev–Trinajstić information content (AvgIpc) is 2.61. The Morgan fingerprint density at radius 2 is 1.71 bits per heavy atom. The number of amides is 2. The molecule has 0 saturated carbocycles. The zero-order chi connectivity index (χ0) is 21.1. The molecule has 1 rings (SSSR count). The van der Waals surface area contributed by atoms with E-state index < -0.39 is 24.0 Å². The number of phenolic OH excluding ortho intramolecular Hbond substituents is 1. The zero-order valence-electron chi connectivity index (χ0n) is 17.2. The number of ether oxygens (including phenoxy) is 1. The van der Waals surface area contributed by atoms with Crippen LogP contribution in [-0.2, 0) is 25.5 Å². The lowest BCUT2D eigenvalue weighted by molar-refractivity contribution is -0.148. The molecule has 0 spiro atoms. The van der Waals surface area contributed by atoms with Crippen LogP contribution >= 0.6 is 0 Å². The van der Waals surface area contributed by atoms with Crippen molar-refractivity contribution in [3.8, 4) is 5.75 Å². The summed E-state index contributed by atoms with van der Waals surface area (Å²) in [6, 6.07) is 4.81. The lowest BCUT2D eigenvalue weighted by Gasteiger charge is -2.23. The number of unbranched alkanes of at least 4 members (excludes halogenated alkanes) is 1. The van der Waals surface area contributed by atoms with E-state index in [0.717, 1.165) is 18.4 Å². The number of hydrogen-bond donors (Lipinski definition) is 3. The summed E-state index contributed by atoms with van der Waals surface area (Å²) in [7, 11) is 0. The Kier molecular flexibility index (Phi) is 10.1. The van der Waals surface area contributed by atoms with Gasteiger partial charge < -0.3 is 20.5 Å². The van der Waals surface area contributed by atoms with E-state index in [9.17, 15) is 19.5 Å². The summed E-state index contributed by atoms with van der Waals surface area (Å²) in [6.45, 7) is 7.58. The third kappa shape index (κ3) is 8.88. The first-order valence-electron chi connectivity index (χ1n) is 9.74. The number of phenols is 1. The monoisotopic (exact) mass is 392 g/mol. The summed E-state index contributed by atoms with van der Waals surface area (Å²) in [5.41, 5.74) is 0.776. The van der Waals surface area contributed by atoms with Crippen LogP contribution in [0.2, 0.25) is 0 Å². The molecular weight excluding hydrogens is 360 g/mol. The van der Waals surface area contributed by atoms with Crippen molar-refractivity contribution in [2.75, 3.05) is 6.61 Å². The predicted octanol–water partition coefficient (Wildman–Crippen LogP) is 2.31. The molecule has 0 heterocycles. The van der Waals surface area contributed by atoms with E-state index in [2.05, 4.69) is 10.6 Å². The molecule has 0 radical (unpaired) electrons. The maximum absolute atomic E-state index is 12.8. The molecule has 156 valence electrons. The van der Waals surface area contributed by atoms with Gasteiger partial charge >= 0.3 is 5.97 Å². The Morgan fingerprint density at radius 1 is 1.07 bits per heavy atom. The van der Waals surface area contributed by atoms with Crippen LogP contribution in [0, 0.1) is 5.92 Å². The fourth-order valence-corrected chi connectivity index (χ4v) is 2.70. The standard InChI is InChI=1S/C21H32N2O5/c1-5-6-11-28-21(27)19(12-14(2)3)23-20(26)18(22-15(4)24)13-16-7-9-17(25)10-8-16/h7-10,14,18-19,25H,5-6,11-13H2,1-4H3,(H,22,24)(H,23,26)/t18-,19-/m0/s1. The van der Waals surface area contributed by atoms with Gasteiger partial charge in [0.15, 0.2) is 0 Å². The van der Waals surface area contributed by atoms with Gasteiger partial charge in [0.2, 0.25) is 11.8 Å². The second-order valence-electron chi connectivity index (χ2n) is 7.34. The van der Waals surface area contributed by atoms with Gasteiger partial charge in [-0.1, -0.05) is 39.3 Å². The van der Waals surface area contributed by atoms with Crippen molar-refractivity contribution in [1.29, 1.82) is 0 Å². The average molecular weight is 392 g/mol. The second kappa shape index (κ2) is 12.0. The number of hydrogen-bond acceptors (Lipinski definition) is 5. The van der Waals surface area contributed by atoms with Gasteiger partial charge in [0.05, 0.1) is 6.61 Å². The highest BCUT2D eigenvalue weighted by atomic mass is 16.5. The summed E-state index contributed by atoms with van der Waals surface area (Å²) < 4.78 is 5.27. The summed E-state index contributed by atoms with van der Waals surface area (Å²) in [4.78, 5) is 36.7. The lowest BCUT2D eigenvalue weighted by Crippen LogP contribution is -2.52. The molecule has 0 aliphatic heterocycles. The molecule has 0 saturated heterocycles. The Morgan fingerprint density at radius 3 is 2.25 bits per heavy atom. The van der Waals surface area contributed by atoms with Gasteiger partial charge in [-0.3, -0.25) is 9.59 Å². The Balaban J connectivity index is 2.85. The summed E-state index contributed by atoms with van der Waals surface area (Å²) in [6.07, 6.45) is 2.36.